The molecule has 2 heterocycles. The Bertz CT molecular complexity index is 721. The lowest BCUT2D eigenvalue weighted by Gasteiger charge is -2.47. The average molecular weight is 333 g/mol. The molecule has 2 aliphatic rings. The molecule has 1 aromatic rings. The van der Waals surface area contributed by atoms with Crippen LogP contribution in [0.15, 0.2) is 18.2 Å². The number of aryl methyl sites for hydroxylation is 1. The van der Waals surface area contributed by atoms with Gasteiger partial charge in [0.2, 0.25) is 11.8 Å². The predicted octanol–water partition coefficient (Wildman–Crippen LogP) is 0.648. The van der Waals surface area contributed by atoms with Gasteiger partial charge in [-0.05, 0) is 31.5 Å². The van der Waals surface area contributed by atoms with Crippen LogP contribution in [0.25, 0.3) is 0 Å². The minimum absolute atomic E-state index is 0.101. The van der Waals surface area contributed by atoms with Gasteiger partial charge in [-0.15, -0.1) is 0 Å². The fraction of sp³-hybridized carbons (Fsp3) is 0.471. The summed E-state index contributed by atoms with van der Waals surface area (Å²) in [7, 11) is 1.60. The first-order valence-electron chi connectivity index (χ1n) is 7.94. The average Bonchev–Trinajstić information content (AvgIpc) is 2.59. The lowest BCUT2D eigenvalue weighted by Crippen LogP contribution is -2.69. The van der Waals surface area contributed by atoms with Crippen molar-refractivity contribution in [3.05, 3.63) is 35.1 Å². The topological polar surface area (TPSA) is 60.9 Å². The maximum Gasteiger partial charge on any atom is 0.254 e. The number of fused-ring (bicyclic) bond motifs is 1. The van der Waals surface area contributed by atoms with E-state index in [1.807, 2.05) is 0 Å². The molecule has 3 rings (SSSR count). The Labute approximate surface area is 139 Å². The molecule has 0 bridgehead atoms. The zero-order valence-electron chi connectivity index (χ0n) is 14.0. The van der Waals surface area contributed by atoms with Gasteiger partial charge in [0, 0.05) is 25.7 Å². The van der Waals surface area contributed by atoms with Gasteiger partial charge >= 0.3 is 0 Å². The van der Waals surface area contributed by atoms with Crippen molar-refractivity contribution in [2.24, 2.45) is 0 Å². The van der Waals surface area contributed by atoms with Crippen molar-refractivity contribution in [3.8, 4) is 0 Å². The van der Waals surface area contributed by atoms with E-state index in [0.29, 0.717) is 18.7 Å². The summed E-state index contributed by atoms with van der Waals surface area (Å²) in [4.78, 5) is 41.9. The first-order chi connectivity index (χ1) is 11.3. The summed E-state index contributed by atoms with van der Waals surface area (Å²) in [5, 5.41) is 0. The molecular formula is C17H20FN3O3. The number of nitrogens with zero attached hydrogens (tertiary/aromatic N) is 3. The number of likely N-dealkylation sites (N-methyl/N-ethyl adjacent to an activating group) is 1. The molecule has 0 unspecified atom stereocenters. The molecular weight excluding hydrogens is 313 g/mol. The van der Waals surface area contributed by atoms with Gasteiger partial charge < -0.3 is 14.7 Å². The van der Waals surface area contributed by atoms with Crippen LogP contribution < -0.4 is 0 Å². The van der Waals surface area contributed by atoms with Crippen LogP contribution in [0.4, 0.5) is 4.39 Å². The van der Waals surface area contributed by atoms with Crippen molar-refractivity contribution in [1.82, 2.24) is 14.7 Å². The first-order valence-corrected chi connectivity index (χ1v) is 7.94. The maximum atomic E-state index is 13.7. The van der Waals surface area contributed by atoms with Crippen molar-refractivity contribution < 1.29 is 18.8 Å². The van der Waals surface area contributed by atoms with E-state index in [2.05, 4.69) is 0 Å². The van der Waals surface area contributed by atoms with Crippen LogP contribution in [0.3, 0.4) is 0 Å². The SMILES string of the molecule is Cc1ccc(C(=O)N2CCN3C(=O)[C@H](C)N(C)C(=O)[C@H]3C2)cc1F. The number of piperazine rings is 2. The van der Waals surface area contributed by atoms with Crippen molar-refractivity contribution in [2.45, 2.75) is 25.9 Å². The lowest BCUT2D eigenvalue weighted by atomic mass is 10.0. The highest BCUT2D eigenvalue weighted by Crippen LogP contribution is 2.22. The van der Waals surface area contributed by atoms with Gasteiger partial charge in [-0.25, -0.2) is 4.39 Å². The van der Waals surface area contributed by atoms with Crippen molar-refractivity contribution in [3.63, 3.8) is 0 Å². The second kappa shape index (κ2) is 5.89. The second-order valence-corrected chi connectivity index (χ2v) is 6.39. The van der Waals surface area contributed by atoms with Crippen LogP contribution in [0, 0.1) is 12.7 Å². The van der Waals surface area contributed by atoms with Crippen molar-refractivity contribution in [1.29, 1.82) is 0 Å². The number of carbonyl (C=O) groups is 3. The summed E-state index contributed by atoms with van der Waals surface area (Å²) in [6.07, 6.45) is 0. The minimum atomic E-state index is -0.660. The maximum absolute atomic E-state index is 13.7. The highest BCUT2D eigenvalue weighted by molar-refractivity contribution is 5.99. The smallest absolute Gasteiger partial charge is 0.254 e. The Morgan fingerprint density at radius 3 is 2.58 bits per heavy atom. The van der Waals surface area contributed by atoms with Crippen LogP contribution in [0.1, 0.15) is 22.8 Å². The third-order valence-electron chi connectivity index (χ3n) is 4.94. The number of rotatable bonds is 1. The van der Waals surface area contributed by atoms with Crippen LogP contribution in [0.2, 0.25) is 0 Å². The molecule has 2 aliphatic heterocycles. The number of amides is 3. The quantitative estimate of drug-likeness (QED) is 0.758. The Balaban J connectivity index is 1.81. The van der Waals surface area contributed by atoms with E-state index in [4.69, 9.17) is 0 Å². The molecule has 2 fully saturated rings. The van der Waals surface area contributed by atoms with E-state index in [1.54, 1.807) is 37.9 Å². The number of carbonyl (C=O) groups excluding carboxylic acids is 3. The molecule has 7 heteroatoms. The van der Waals surface area contributed by atoms with E-state index < -0.39 is 17.9 Å². The largest absolute Gasteiger partial charge is 0.334 e. The first kappa shape index (κ1) is 16.4. The minimum Gasteiger partial charge on any atom is -0.334 e. The Kier molecular flexibility index (Phi) is 4.03. The molecule has 0 radical (unpaired) electrons. The highest BCUT2D eigenvalue weighted by atomic mass is 19.1. The number of hydrogen-bond donors (Lipinski definition) is 0. The van der Waals surface area contributed by atoms with E-state index in [-0.39, 0.29) is 29.8 Å². The second-order valence-electron chi connectivity index (χ2n) is 6.39. The van der Waals surface area contributed by atoms with E-state index in [0.717, 1.165) is 0 Å². The Morgan fingerprint density at radius 1 is 1.21 bits per heavy atom. The number of benzene rings is 1. The third-order valence-corrected chi connectivity index (χ3v) is 4.94. The zero-order valence-corrected chi connectivity index (χ0v) is 14.0. The molecule has 0 aliphatic carbocycles. The standard InChI is InChI=1S/C17H20FN3O3/c1-10-4-5-12(8-13(10)18)16(23)20-6-7-21-14(9-20)17(24)19(3)11(2)15(21)22/h4-5,8,11,14H,6-7,9H2,1-3H3/t11-,14+/m0/s1. The molecule has 1 aromatic carbocycles. The van der Waals surface area contributed by atoms with Gasteiger partial charge in [-0.2, -0.15) is 0 Å². The summed E-state index contributed by atoms with van der Waals surface area (Å²) in [6, 6.07) is 3.21. The molecule has 128 valence electrons. The number of hydrogen-bond acceptors (Lipinski definition) is 3. The molecule has 0 saturated carbocycles. The van der Waals surface area contributed by atoms with Gasteiger partial charge in [0.15, 0.2) is 0 Å². The van der Waals surface area contributed by atoms with Crippen molar-refractivity contribution >= 4 is 17.7 Å². The number of halogens is 1. The normalized spacial score (nSPS) is 24.2. The summed E-state index contributed by atoms with van der Waals surface area (Å²) in [6.45, 7) is 4.11. The lowest BCUT2D eigenvalue weighted by molar-refractivity contribution is -0.162. The summed E-state index contributed by atoms with van der Waals surface area (Å²) < 4.78 is 13.7. The third kappa shape index (κ3) is 2.53. The van der Waals surface area contributed by atoms with E-state index >= 15 is 0 Å². The van der Waals surface area contributed by atoms with Gasteiger partial charge in [0.1, 0.15) is 17.9 Å². The molecule has 0 N–H and O–H groups in total. The van der Waals surface area contributed by atoms with Crippen LogP contribution in [-0.2, 0) is 9.59 Å². The van der Waals surface area contributed by atoms with Crippen molar-refractivity contribution in [2.75, 3.05) is 26.7 Å². The fourth-order valence-electron chi connectivity index (χ4n) is 3.18. The predicted molar refractivity (Wildman–Crippen MR) is 84.8 cm³/mol. The Morgan fingerprint density at radius 2 is 1.92 bits per heavy atom. The molecule has 3 amide bonds. The monoisotopic (exact) mass is 333 g/mol. The van der Waals surface area contributed by atoms with Crippen LogP contribution in [-0.4, -0.2) is 71.2 Å². The molecule has 24 heavy (non-hydrogen) atoms. The van der Waals surface area contributed by atoms with Gasteiger partial charge in [0.05, 0.1) is 6.54 Å². The van der Waals surface area contributed by atoms with Gasteiger partial charge in [0.25, 0.3) is 5.91 Å². The van der Waals surface area contributed by atoms with Gasteiger partial charge in [-0.1, -0.05) is 6.07 Å². The van der Waals surface area contributed by atoms with Crippen LogP contribution >= 0.6 is 0 Å². The molecule has 2 atom stereocenters. The molecule has 0 aromatic heterocycles. The summed E-state index contributed by atoms with van der Waals surface area (Å²) >= 11 is 0. The summed E-state index contributed by atoms with van der Waals surface area (Å²) in [5.74, 6) is -1.03. The van der Waals surface area contributed by atoms with Crippen LogP contribution in [0.5, 0.6) is 0 Å². The summed E-state index contributed by atoms with van der Waals surface area (Å²) in [5.41, 5.74) is 0.725. The molecule has 0 spiro atoms. The van der Waals surface area contributed by atoms with E-state index in [9.17, 15) is 18.8 Å². The Hall–Kier alpha value is -2.44. The molecule has 2 saturated heterocycles. The highest BCUT2D eigenvalue weighted by Gasteiger charge is 2.45. The van der Waals surface area contributed by atoms with E-state index in [1.165, 1.54) is 15.9 Å². The molecule has 6 nitrogen and oxygen atoms in total. The van der Waals surface area contributed by atoms with Gasteiger partial charge in [-0.3, -0.25) is 14.4 Å². The fourth-order valence-corrected chi connectivity index (χ4v) is 3.18. The zero-order chi connectivity index (χ0) is 17.6.